The van der Waals surface area contributed by atoms with Crippen molar-refractivity contribution in [3.05, 3.63) is 33.3 Å². The predicted molar refractivity (Wildman–Crippen MR) is 116 cm³/mol. The van der Waals surface area contributed by atoms with Crippen molar-refractivity contribution in [2.75, 3.05) is 6.61 Å². The molecule has 0 N–H and O–H groups in total. The highest BCUT2D eigenvalue weighted by Crippen LogP contribution is 2.40. The van der Waals surface area contributed by atoms with Crippen LogP contribution in [0.2, 0.25) is 10.0 Å². The van der Waals surface area contributed by atoms with Crippen LogP contribution in [0.3, 0.4) is 0 Å². The van der Waals surface area contributed by atoms with Gasteiger partial charge in [-0.05, 0) is 12.1 Å². The minimum Gasteiger partial charge on any atom is -0.463 e. The standard InChI is InChI=1S/C20H18BrCl2NO9/c1-7(25)30-6-12-16(31-8(2)26)17(32-9(3)27)15(18(21)33-12)24-19(28)10-4-5-11(22)14(23)13(10)20(24)29/h4-5,12,15-18H,6H2,1-3H3/t12-,15-,16-,17-,18?/m1/s1. The van der Waals surface area contributed by atoms with E-state index in [1.807, 2.05) is 0 Å². The predicted octanol–water partition coefficient (Wildman–Crippen LogP) is 2.50. The van der Waals surface area contributed by atoms with Crippen LogP contribution >= 0.6 is 39.1 Å². The number of amides is 2. The van der Waals surface area contributed by atoms with Gasteiger partial charge in [-0.2, -0.15) is 0 Å². The molecule has 0 aromatic heterocycles. The van der Waals surface area contributed by atoms with E-state index in [4.69, 9.17) is 42.1 Å². The third-order valence-electron chi connectivity index (χ3n) is 4.93. The fourth-order valence-corrected chi connectivity index (χ4v) is 4.91. The smallest absolute Gasteiger partial charge is 0.303 e. The largest absolute Gasteiger partial charge is 0.463 e. The number of halogens is 3. The van der Waals surface area contributed by atoms with Gasteiger partial charge in [0.25, 0.3) is 11.8 Å². The normalized spacial score (nSPS) is 26.6. The molecule has 5 atom stereocenters. The van der Waals surface area contributed by atoms with Crippen molar-refractivity contribution < 1.29 is 42.9 Å². The number of carbonyl (C=O) groups excluding carboxylic acids is 5. The monoisotopic (exact) mass is 565 g/mol. The van der Waals surface area contributed by atoms with E-state index >= 15 is 0 Å². The number of nitrogens with zero attached hydrogens (tertiary/aromatic N) is 1. The number of benzene rings is 1. The lowest BCUT2D eigenvalue weighted by Gasteiger charge is -2.45. The second-order valence-electron chi connectivity index (χ2n) is 7.23. The lowest BCUT2D eigenvalue weighted by Crippen LogP contribution is -2.65. The van der Waals surface area contributed by atoms with E-state index in [9.17, 15) is 24.0 Å². The molecule has 13 heteroatoms. The van der Waals surface area contributed by atoms with Crippen LogP contribution in [-0.2, 0) is 33.3 Å². The summed E-state index contributed by atoms with van der Waals surface area (Å²) in [5.74, 6) is -3.67. The van der Waals surface area contributed by atoms with Gasteiger partial charge < -0.3 is 18.9 Å². The second kappa shape index (κ2) is 9.96. The maximum Gasteiger partial charge on any atom is 0.303 e. The van der Waals surface area contributed by atoms with Crippen molar-refractivity contribution in [2.45, 2.75) is 50.1 Å². The fourth-order valence-electron chi connectivity index (χ4n) is 3.69. The van der Waals surface area contributed by atoms with Gasteiger partial charge in [0.15, 0.2) is 12.2 Å². The first-order valence-corrected chi connectivity index (χ1v) is 11.2. The Morgan fingerprint density at radius 1 is 1.00 bits per heavy atom. The van der Waals surface area contributed by atoms with Gasteiger partial charge in [0, 0.05) is 20.8 Å². The summed E-state index contributed by atoms with van der Waals surface area (Å²) in [7, 11) is 0. The summed E-state index contributed by atoms with van der Waals surface area (Å²) >= 11 is 15.5. The quantitative estimate of drug-likeness (QED) is 0.229. The van der Waals surface area contributed by atoms with E-state index in [0.29, 0.717) is 0 Å². The van der Waals surface area contributed by atoms with Crippen LogP contribution in [0.25, 0.3) is 0 Å². The number of alkyl halides is 1. The Labute approximate surface area is 206 Å². The molecule has 1 aromatic rings. The van der Waals surface area contributed by atoms with Crippen molar-refractivity contribution in [3.8, 4) is 0 Å². The van der Waals surface area contributed by atoms with Crippen LogP contribution in [0.4, 0.5) is 0 Å². The molecule has 2 aliphatic heterocycles. The molecule has 33 heavy (non-hydrogen) atoms. The minimum absolute atomic E-state index is 0.00162. The second-order valence-corrected chi connectivity index (χ2v) is 8.92. The number of esters is 3. The molecule has 0 saturated carbocycles. The maximum atomic E-state index is 13.2. The third-order valence-corrected chi connectivity index (χ3v) is 6.49. The summed E-state index contributed by atoms with van der Waals surface area (Å²) < 4.78 is 21.5. The number of rotatable bonds is 5. The summed E-state index contributed by atoms with van der Waals surface area (Å²) in [5, 5.41) is -1.12. The van der Waals surface area contributed by atoms with E-state index in [1.54, 1.807) is 0 Å². The number of imide groups is 1. The molecule has 3 rings (SSSR count). The average Bonchev–Trinajstić information content (AvgIpc) is 2.95. The molecule has 0 radical (unpaired) electrons. The number of ether oxygens (including phenoxy) is 4. The highest BCUT2D eigenvalue weighted by Gasteiger charge is 2.56. The summed E-state index contributed by atoms with van der Waals surface area (Å²) in [6.07, 6.45) is -3.74. The first kappa shape index (κ1) is 25.4. The molecule has 1 aromatic carbocycles. The topological polar surface area (TPSA) is 126 Å². The maximum absolute atomic E-state index is 13.2. The summed E-state index contributed by atoms with van der Waals surface area (Å²) in [6.45, 7) is 3.06. The first-order valence-electron chi connectivity index (χ1n) is 9.57. The molecular weight excluding hydrogens is 549 g/mol. The number of fused-ring (bicyclic) bond motifs is 1. The highest BCUT2D eigenvalue weighted by molar-refractivity contribution is 9.09. The van der Waals surface area contributed by atoms with Crippen LogP contribution in [0, 0.1) is 0 Å². The lowest BCUT2D eigenvalue weighted by atomic mass is 9.96. The van der Waals surface area contributed by atoms with E-state index < -0.39 is 59.1 Å². The highest BCUT2D eigenvalue weighted by atomic mass is 79.9. The van der Waals surface area contributed by atoms with Gasteiger partial charge in [-0.1, -0.05) is 39.1 Å². The lowest BCUT2D eigenvalue weighted by molar-refractivity contribution is -0.216. The van der Waals surface area contributed by atoms with Gasteiger partial charge in [-0.25, -0.2) is 0 Å². The van der Waals surface area contributed by atoms with Crippen LogP contribution in [0.15, 0.2) is 12.1 Å². The summed E-state index contributed by atoms with van der Waals surface area (Å²) in [6, 6.07) is 1.46. The zero-order valence-electron chi connectivity index (χ0n) is 17.5. The molecule has 2 aliphatic rings. The number of hydrogen-bond acceptors (Lipinski definition) is 9. The van der Waals surface area contributed by atoms with Crippen molar-refractivity contribution in [2.24, 2.45) is 0 Å². The van der Waals surface area contributed by atoms with E-state index in [0.717, 1.165) is 18.7 Å². The molecule has 10 nitrogen and oxygen atoms in total. The zero-order valence-corrected chi connectivity index (χ0v) is 20.6. The first-order chi connectivity index (χ1) is 15.4. The van der Waals surface area contributed by atoms with Crippen molar-refractivity contribution in [3.63, 3.8) is 0 Å². The molecule has 1 unspecified atom stereocenters. The molecule has 1 fully saturated rings. The molecule has 2 amide bonds. The fraction of sp³-hybridized carbons (Fsp3) is 0.450. The third kappa shape index (κ3) is 5.01. The Morgan fingerprint density at radius 2 is 1.61 bits per heavy atom. The van der Waals surface area contributed by atoms with Gasteiger partial charge >= 0.3 is 17.9 Å². The molecule has 0 aliphatic carbocycles. The zero-order chi connectivity index (χ0) is 24.6. The molecule has 178 valence electrons. The Morgan fingerprint density at radius 3 is 2.18 bits per heavy atom. The SMILES string of the molecule is CC(=O)OC[C@H]1OC(Br)[C@H](N2C(=O)c3ccc(Cl)c(Cl)c3C2=O)[C@@H](OC(C)=O)[C@@H]1OC(C)=O. The number of hydrogen-bond donors (Lipinski definition) is 0. The molecular formula is C20H18BrCl2NO9. The van der Waals surface area contributed by atoms with Crippen molar-refractivity contribution >= 4 is 68.9 Å². The van der Waals surface area contributed by atoms with Crippen LogP contribution < -0.4 is 0 Å². The van der Waals surface area contributed by atoms with Crippen LogP contribution in [0.5, 0.6) is 0 Å². The van der Waals surface area contributed by atoms with Crippen molar-refractivity contribution in [1.82, 2.24) is 4.90 Å². The van der Waals surface area contributed by atoms with Gasteiger partial charge in [-0.15, -0.1) is 0 Å². The summed E-state index contributed by atoms with van der Waals surface area (Å²) in [5.41, 5.74) is -0.108. The van der Waals surface area contributed by atoms with Gasteiger partial charge in [0.2, 0.25) is 0 Å². The van der Waals surface area contributed by atoms with Crippen molar-refractivity contribution in [1.29, 1.82) is 0 Å². The van der Waals surface area contributed by atoms with E-state index in [-0.39, 0.29) is 27.8 Å². The van der Waals surface area contributed by atoms with Gasteiger partial charge in [-0.3, -0.25) is 28.9 Å². The Balaban J connectivity index is 2.06. The molecule has 0 spiro atoms. The van der Waals surface area contributed by atoms with Crippen LogP contribution in [0.1, 0.15) is 41.5 Å². The van der Waals surface area contributed by atoms with E-state index in [1.165, 1.54) is 19.1 Å². The summed E-state index contributed by atoms with van der Waals surface area (Å²) in [4.78, 5) is 62.3. The molecule has 2 heterocycles. The van der Waals surface area contributed by atoms with E-state index in [2.05, 4.69) is 15.9 Å². The van der Waals surface area contributed by atoms with Gasteiger partial charge in [0.05, 0.1) is 21.2 Å². The Kier molecular flexibility index (Phi) is 7.67. The Bertz CT molecular complexity index is 1030. The molecule has 1 saturated heterocycles. The van der Waals surface area contributed by atoms with Crippen LogP contribution in [-0.4, -0.2) is 70.6 Å². The van der Waals surface area contributed by atoms with Gasteiger partial charge in [0.1, 0.15) is 23.8 Å². The number of carbonyl (C=O) groups is 5. The minimum atomic E-state index is -1.36. The molecule has 0 bridgehead atoms. The average molecular weight is 567 g/mol. The Hall–Kier alpha value is -2.21.